The van der Waals surface area contributed by atoms with Crippen LogP contribution in [0.4, 0.5) is 0 Å². The van der Waals surface area contributed by atoms with Crippen LogP contribution < -0.4 is 0 Å². The van der Waals surface area contributed by atoms with Crippen molar-refractivity contribution >= 4 is 32.4 Å². The first-order valence-corrected chi connectivity index (χ1v) is 45.8. The molecule has 3 fully saturated rings. The van der Waals surface area contributed by atoms with Crippen molar-refractivity contribution in [1.82, 2.24) is 0 Å². The maximum Gasteiger partial charge on any atom is 0.475 e. The molecule has 25 nitrogen and oxygen atoms in total. The number of fused-ring (bicyclic) bond motifs is 1. The van der Waals surface area contributed by atoms with E-state index in [2.05, 4.69) is 12.1 Å². The third-order valence-corrected chi connectivity index (χ3v) is 24.7. The number of benzene rings is 11. The highest BCUT2D eigenvalue weighted by Gasteiger charge is 2.54. The number of nitrogens with zero attached hydrogens (tertiary/aromatic N) is 2. The summed E-state index contributed by atoms with van der Waals surface area (Å²) in [6.07, 6.45) is -17.6. The van der Waals surface area contributed by atoms with Gasteiger partial charge in [-0.15, -0.1) is 0 Å². The second-order valence-corrected chi connectivity index (χ2v) is 34.2. The molecule has 1 N–H and O–H groups in total. The molecule has 11 aromatic carbocycles. The Bertz CT molecular complexity index is 5280. The van der Waals surface area contributed by atoms with Crippen LogP contribution >= 0.6 is 15.6 Å². The molecule has 0 aromatic heterocycles. The van der Waals surface area contributed by atoms with Gasteiger partial charge in [0.1, 0.15) is 98.2 Å². The van der Waals surface area contributed by atoms with Crippen molar-refractivity contribution in [2.45, 2.75) is 164 Å². The van der Waals surface area contributed by atoms with Crippen molar-refractivity contribution in [3.8, 4) is 12.1 Å². The molecule has 0 amide bonds. The van der Waals surface area contributed by atoms with Gasteiger partial charge in [0.15, 0.2) is 0 Å². The van der Waals surface area contributed by atoms with Crippen molar-refractivity contribution < 1.29 is 108 Å². The van der Waals surface area contributed by atoms with Crippen LogP contribution in [0.25, 0.3) is 10.8 Å². The quantitative estimate of drug-likeness (QED) is 0.0210. The number of phosphoric ester groups is 2. The van der Waals surface area contributed by atoms with E-state index in [1.54, 1.807) is 12.1 Å². The topological polar surface area (TPSA) is 294 Å². The Morgan fingerprint density at radius 2 is 0.508 bits per heavy atom. The minimum absolute atomic E-state index is 0.0178. The molecular weight excluding hydrogens is 1670 g/mol. The molecule has 3 heterocycles. The summed E-state index contributed by atoms with van der Waals surface area (Å²) in [4.78, 5) is 14.4. The number of esters is 1. The predicted molar refractivity (Wildman–Crippen MR) is 474 cm³/mol. The van der Waals surface area contributed by atoms with Gasteiger partial charge in [0.2, 0.25) is 0 Å². The predicted octanol–water partition coefficient (Wildman–Crippen LogP) is 17.7. The normalized spacial score (nSPS) is 23.2. The van der Waals surface area contributed by atoms with Crippen molar-refractivity contribution in [1.29, 1.82) is 10.5 Å². The summed E-state index contributed by atoms with van der Waals surface area (Å²) < 4.78 is 161. The molecule has 0 bridgehead atoms. The second-order valence-electron chi connectivity index (χ2n) is 30.9. The highest BCUT2D eigenvalue weighted by atomic mass is 31.2. The Hall–Kier alpha value is -10.2. The van der Waals surface area contributed by atoms with Crippen LogP contribution in [0.15, 0.2) is 315 Å². The maximum atomic E-state index is 16.3. The molecule has 11 aromatic rings. The van der Waals surface area contributed by atoms with Gasteiger partial charge in [-0.1, -0.05) is 303 Å². The summed E-state index contributed by atoms with van der Waals surface area (Å²) >= 11 is 0. The average molecular weight is 1780 g/mol. The molecule has 0 aliphatic carbocycles. The summed E-state index contributed by atoms with van der Waals surface area (Å²) in [5, 5.41) is 33.2. The minimum Gasteiger partial charge on any atom is -0.459 e. The molecule has 11 unspecified atom stereocenters. The lowest BCUT2D eigenvalue weighted by Gasteiger charge is -2.47. The molecule has 17 atom stereocenters. The fraction of sp³-hybridized carbons (Fsp3) is 0.337. The van der Waals surface area contributed by atoms with Crippen LogP contribution in [0.2, 0.25) is 0 Å². The number of ether oxygens (including phenoxy) is 13. The summed E-state index contributed by atoms with van der Waals surface area (Å²) in [7, 11) is -10.00. The number of rotatable bonds is 49. The van der Waals surface area contributed by atoms with Crippen LogP contribution in [0.5, 0.6) is 0 Å². The Labute approximate surface area is 746 Å². The van der Waals surface area contributed by atoms with Gasteiger partial charge in [-0.2, -0.15) is 10.5 Å². The third-order valence-electron chi connectivity index (χ3n) is 21.8. The van der Waals surface area contributed by atoms with Gasteiger partial charge in [0.05, 0.1) is 136 Å². The zero-order valence-corrected chi connectivity index (χ0v) is 72.6. The first-order valence-electron chi connectivity index (χ1n) is 42.9. The lowest BCUT2D eigenvalue weighted by Crippen LogP contribution is -2.62. The van der Waals surface area contributed by atoms with Crippen LogP contribution in [-0.2, 0) is 157 Å². The van der Waals surface area contributed by atoms with E-state index in [1.165, 1.54) is 0 Å². The number of hydrogen-bond acceptors (Lipinski definition) is 25. The molecule has 27 heteroatoms. The lowest BCUT2D eigenvalue weighted by molar-refractivity contribution is -0.276. The van der Waals surface area contributed by atoms with Gasteiger partial charge in [-0.05, 0) is 73.0 Å². The fourth-order valence-corrected chi connectivity index (χ4v) is 17.7. The molecule has 0 saturated carbocycles. The second kappa shape index (κ2) is 49.6. The maximum absolute atomic E-state index is 16.3. The van der Waals surface area contributed by atoms with Gasteiger partial charge in [-0.3, -0.25) is 27.1 Å². The highest BCUT2D eigenvalue weighted by molar-refractivity contribution is 7.48. The monoisotopic (exact) mass is 1780 g/mol. The van der Waals surface area contributed by atoms with Gasteiger partial charge in [0, 0.05) is 0 Å². The summed E-state index contributed by atoms with van der Waals surface area (Å²) in [6, 6.07) is 102. The van der Waals surface area contributed by atoms with E-state index >= 15 is 9.13 Å². The number of carbonyl (C=O) groups is 1. The highest BCUT2D eigenvalue weighted by Crippen LogP contribution is 2.53. The van der Waals surface area contributed by atoms with E-state index in [0.717, 1.165) is 60.8 Å². The third kappa shape index (κ3) is 27.9. The van der Waals surface area contributed by atoms with Crippen LogP contribution in [0, 0.1) is 22.7 Å². The van der Waals surface area contributed by atoms with Gasteiger partial charge in [0.25, 0.3) is 0 Å². The average Bonchev–Trinajstić information content (AvgIpc) is 0.790. The van der Waals surface area contributed by atoms with Crippen LogP contribution in [-0.4, -0.2) is 155 Å². The standard InChI is InChI=1S/C101H106N2O23P2/c102-54-30-56-118-127(106,120-70-88-94(110-62-76-36-14-3-15-37-76)98(114-66-80-44-22-7-23-45-80)92(86(59-104)124-88)108-60-74-32-10-1-11-33-74)122-72-90-96(112-64-78-40-18-5-19-41-78)100(116-68-82-48-26-9-27-49-82)97(113-65-79-42-20-6-21-43-79)91(126-90)73-123-128(107,119-57-31-55-103)121-71-89-95(111-63-77-38-16-4-17-39-77)99(115-67-81-46-24-8-25-47-81)93(109-61-75-34-12-2-13-35-75)87(125-89)69-117-101(105)85-53-52-83-50-28-29-51-84(83)58-85/h1-29,32-53,58,86-100,104H,30-31,56-57,59-73H2/t86-,87-,88+,89+,90-,91+,92?,93?,94?,95?,96?,97?,98?,99?,100?,127?,128?/m0/s1. The number of aliphatic hydroxyl groups is 1. The molecule has 14 rings (SSSR count). The molecule has 128 heavy (non-hydrogen) atoms. The summed E-state index contributed by atoms with van der Waals surface area (Å²) in [5.74, 6) is -0.639. The van der Waals surface area contributed by atoms with Crippen molar-refractivity contribution in [2.75, 3.05) is 52.9 Å². The van der Waals surface area contributed by atoms with Gasteiger partial charge < -0.3 is 66.7 Å². The van der Waals surface area contributed by atoms with E-state index in [0.29, 0.717) is 5.56 Å². The Morgan fingerprint density at radius 1 is 0.281 bits per heavy atom. The van der Waals surface area contributed by atoms with E-state index in [-0.39, 0.29) is 78.9 Å². The molecule has 0 radical (unpaired) electrons. The first-order chi connectivity index (χ1) is 62.9. The van der Waals surface area contributed by atoms with Gasteiger partial charge in [-0.25, -0.2) is 13.9 Å². The zero-order chi connectivity index (χ0) is 88.2. The number of nitriles is 2. The smallest absolute Gasteiger partial charge is 0.459 e. The number of carbonyl (C=O) groups excluding carboxylic acids is 1. The number of aliphatic hydroxyl groups excluding tert-OH is 1. The van der Waals surface area contributed by atoms with Crippen molar-refractivity contribution in [2.24, 2.45) is 0 Å². The SMILES string of the molecule is N#CCCOP(=O)(OC[C@@H]1O[C@H](COP(=O)(OCCC#N)OC[C@H]2O[C@@H](COC(=O)c3ccc4ccccc4c3)C(OCc3ccccc3)C(OCc3ccccc3)C2OCc2ccccc2)C(OCc2ccccc2)C(OCc2ccccc2)C1OCc1ccccc1)OC[C@H]1O[C@@H](CO)C(OCc2ccccc2)C(OCc2ccccc2)C1OCc1ccccc1. The van der Waals surface area contributed by atoms with E-state index in [1.807, 2.05) is 303 Å². The Balaban J connectivity index is 0.800. The van der Waals surface area contributed by atoms with E-state index < -0.39 is 159 Å². The molecule has 3 aliphatic heterocycles. The number of hydrogen-bond donors (Lipinski definition) is 1. The summed E-state index contributed by atoms with van der Waals surface area (Å²) in [5.41, 5.74) is 7.50. The summed E-state index contributed by atoms with van der Waals surface area (Å²) in [6.45, 7) is -4.01. The van der Waals surface area contributed by atoms with E-state index in [4.69, 9.17) is 88.7 Å². The fourth-order valence-electron chi connectivity index (χ4n) is 15.3. The van der Waals surface area contributed by atoms with Crippen LogP contribution in [0.1, 0.15) is 73.3 Å². The number of phosphoric acid groups is 2. The van der Waals surface area contributed by atoms with E-state index in [9.17, 15) is 20.4 Å². The Morgan fingerprint density at radius 3 is 0.766 bits per heavy atom. The van der Waals surface area contributed by atoms with Crippen molar-refractivity contribution in [3.05, 3.63) is 371 Å². The molecule has 668 valence electrons. The lowest BCUT2D eigenvalue weighted by atomic mass is 9.94. The van der Waals surface area contributed by atoms with Gasteiger partial charge >= 0.3 is 21.6 Å². The molecule has 3 aliphatic rings. The van der Waals surface area contributed by atoms with Crippen molar-refractivity contribution in [3.63, 3.8) is 0 Å². The largest absolute Gasteiger partial charge is 0.475 e. The van der Waals surface area contributed by atoms with Crippen LogP contribution in [0.3, 0.4) is 0 Å². The molecule has 0 spiro atoms. The minimum atomic E-state index is -5.03. The molecular formula is C101H106N2O23P2. The molecule has 3 saturated heterocycles. The zero-order valence-electron chi connectivity index (χ0n) is 70.8. The first kappa shape index (κ1) is 94.0. The Kier molecular flexibility index (Phi) is 36.4.